The molecule has 7 heteroatoms. The van der Waals surface area contributed by atoms with E-state index in [1.165, 1.54) is 10.5 Å². The molecule has 0 aliphatic heterocycles. The molecule has 1 aromatic carbocycles. The standard InChI is InChI=1S/C20H20F3N3O/c1-4-16-18(19(27)24-15-8-5-13(6-9-15)12(2)3)26-11-14(20(21,22)23)7-10-17(26)25-16/h5-12H,4H2,1-3H3,(H,24,27). The number of halogens is 3. The van der Waals surface area contributed by atoms with E-state index in [2.05, 4.69) is 24.1 Å². The number of carbonyl (C=O) groups is 1. The van der Waals surface area contributed by atoms with Gasteiger partial charge < -0.3 is 5.32 Å². The molecule has 4 nitrogen and oxygen atoms in total. The van der Waals surface area contributed by atoms with Gasteiger partial charge in [0.25, 0.3) is 5.91 Å². The van der Waals surface area contributed by atoms with Crippen molar-refractivity contribution in [2.75, 3.05) is 5.32 Å². The number of aromatic nitrogens is 2. The zero-order valence-electron chi connectivity index (χ0n) is 15.3. The molecule has 0 aliphatic rings. The number of nitrogens with zero attached hydrogens (tertiary/aromatic N) is 2. The Labute approximate surface area is 155 Å². The molecule has 0 radical (unpaired) electrons. The smallest absolute Gasteiger partial charge is 0.321 e. The summed E-state index contributed by atoms with van der Waals surface area (Å²) in [6, 6.07) is 9.63. The van der Waals surface area contributed by atoms with E-state index in [0.29, 0.717) is 29.4 Å². The molecular weight excluding hydrogens is 355 g/mol. The maximum atomic E-state index is 13.1. The maximum absolute atomic E-state index is 13.1. The van der Waals surface area contributed by atoms with Crippen LogP contribution in [0.2, 0.25) is 0 Å². The van der Waals surface area contributed by atoms with Crippen molar-refractivity contribution in [3.63, 3.8) is 0 Å². The molecule has 0 unspecified atom stereocenters. The number of anilines is 1. The molecule has 3 aromatic rings. The van der Waals surface area contributed by atoms with Gasteiger partial charge in [0.15, 0.2) is 0 Å². The quantitative estimate of drug-likeness (QED) is 0.673. The number of rotatable bonds is 4. The number of carbonyl (C=O) groups excluding carboxylic acids is 1. The first kappa shape index (κ1) is 18.9. The van der Waals surface area contributed by atoms with E-state index < -0.39 is 17.6 Å². The molecule has 1 N–H and O–H groups in total. The van der Waals surface area contributed by atoms with Crippen LogP contribution in [0, 0.1) is 0 Å². The summed E-state index contributed by atoms with van der Waals surface area (Å²) in [6.45, 7) is 5.94. The Bertz CT molecular complexity index is 973. The van der Waals surface area contributed by atoms with Gasteiger partial charge >= 0.3 is 6.18 Å². The summed E-state index contributed by atoms with van der Waals surface area (Å²) >= 11 is 0. The van der Waals surface area contributed by atoms with Crippen LogP contribution in [0.15, 0.2) is 42.6 Å². The minimum absolute atomic E-state index is 0.117. The predicted octanol–water partition coefficient (Wildman–Crippen LogP) is 5.29. The minimum atomic E-state index is -4.49. The lowest BCUT2D eigenvalue weighted by atomic mass is 10.0. The highest BCUT2D eigenvalue weighted by Crippen LogP contribution is 2.30. The van der Waals surface area contributed by atoms with Crippen molar-refractivity contribution in [2.24, 2.45) is 0 Å². The van der Waals surface area contributed by atoms with Crippen LogP contribution in [0.3, 0.4) is 0 Å². The summed E-state index contributed by atoms with van der Waals surface area (Å²) < 4.78 is 40.4. The molecule has 0 bridgehead atoms. The van der Waals surface area contributed by atoms with E-state index in [0.717, 1.165) is 17.8 Å². The summed E-state index contributed by atoms with van der Waals surface area (Å²) in [6.07, 6.45) is -3.15. The fraction of sp³-hybridized carbons (Fsp3) is 0.300. The van der Waals surface area contributed by atoms with E-state index in [-0.39, 0.29) is 5.69 Å². The summed E-state index contributed by atoms with van der Waals surface area (Å²) in [5.74, 6) is -0.128. The second-order valence-electron chi connectivity index (χ2n) is 6.64. The van der Waals surface area contributed by atoms with Crippen LogP contribution in [0.1, 0.15) is 54.0 Å². The molecule has 0 fully saturated rings. The number of alkyl halides is 3. The first-order valence-electron chi connectivity index (χ1n) is 8.70. The van der Waals surface area contributed by atoms with E-state index in [1.54, 1.807) is 19.1 Å². The van der Waals surface area contributed by atoms with Crippen LogP contribution in [-0.2, 0) is 12.6 Å². The van der Waals surface area contributed by atoms with Gasteiger partial charge in [0.2, 0.25) is 0 Å². The average molecular weight is 375 g/mol. The predicted molar refractivity (Wildman–Crippen MR) is 98.1 cm³/mol. The van der Waals surface area contributed by atoms with E-state index in [9.17, 15) is 18.0 Å². The lowest BCUT2D eigenvalue weighted by molar-refractivity contribution is -0.137. The van der Waals surface area contributed by atoms with Gasteiger partial charge in [0, 0.05) is 11.9 Å². The van der Waals surface area contributed by atoms with E-state index >= 15 is 0 Å². The van der Waals surface area contributed by atoms with Crippen LogP contribution >= 0.6 is 0 Å². The third-order valence-electron chi connectivity index (χ3n) is 4.40. The fourth-order valence-electron chi connectivity index (χ4n) is 2.89. The third kappa shape index (κ3) is 3.82. The van der Waals surface area contributed by atoms with Crippen LogP contribution < -0.4 is 5.32 Å². The SMILES string of the molecule is CCc1nc2ccc(C(F)(F)F)cn2c1C(=O)Nc1ccc(C(C)C)cc1. The summed E-state index contributed by atoms with van der Waals surface area (Å²) in [5.41, 5.74) is 1.75. The molecule has 27 heavy (non-hydrogen) atoms. The molecule has 2 heterocycles. The van der Waals surface area contributed by atoms with Crippen molar-refractivity contribution in [1.82, 2.24) is 9.38 Å². The number of nitrogens with one attached hydrogen (secondary N) is 1. The maximum Gasteiger partial charge on any atom is 0.417 e. The zero-order valence-corrected chi connectivity index (χ0v) is 15.3. The molecule has 0 saturated heterocycles. The molecule has 0 saturated carbocycles. The van der Waals surface area contributed by atoms with Gasteiger partial charge in [-0.25, -0.2) is 4.98 Å². The Morgan fingerprint density at radius 1 is 1.15 bits per heavy atom. The number of benzene rings is 1. The molecule has 142 valence electrons. The highest BCUT2D eigenvalue weighted by Gasteiger charge is 2.31. The number of amides is 1. The first-order chi connectivity index (χ1) is 12.7. The van der Waals surface area contributed by atoms with Crippen molar-refractivity contribution in [2.45, 2.75) is 39.3 Å². The Balaban J connectivity index is 1.99. The van der Waals surface area contributed by atoms with Gasteiger partial charge in [-0.15, -0.1) is 0 Å². The van der Waals surface area contributed by atoms with Gasteiger partial charge in [0.05, 0.1) is 11.3 Å². The van der Waals surface area contributed by atoms with Gasteiger partial charge in [-0.2, -0.15) is 13.2 Å². The van der Waals surface area contributed by atoms with Crippen molar-refractivity contribution in [3.05, 3.63) is 65.1 Å². The van der Waals surface area contributed by atoms with E-state index in [4.69, 9.17) is 0 Å². The van der Waals surface area contributed by atoms with Crippen molar-refractivity contribution < 1.29 is 18.0 Å². The monoisotopic (exact) mass is 375 g/mol. The number of hydrogen-bond donors (Lipinski definition) is 1. The fourth-order valence-corrected chi connectivity index (χ4v) is 2.89. The molecule has 0 spiro atoms. The van der Waals surface area contributed by atoms with Crippen molar-refractivity contribution in [3.8, 4) is 0 Å². The van der Waals surface area contributed by atoms with Crippen molar-refractivity contribution >= 4 is 17.2 Å². The Kier molecular flexibility index (Phi) is 4.95. The van der Waals surface area contributed by atoms with Crippen LogP contribution in [0.25, 0.3) is 5.65 Å². The van der Waals surface area contributed by atoms with Crippen LogP contribution in [0.5, 0.6) is 0 Å². The number of aryl methyl sites for hydroxylation is 1. The summed E-state index contributed by atoms with van der Waals surface area (Å²) in [5, 5.41) is 2.75. The van der Waals surface area contributed by atoms with Crippen molar-refractivity contribution in [1.29, 1.82) is 0 Å². The van der Waals surface area contributed by atoms with Gasteiger partial charge in [-0.3, -0.25) is 9.20 Å². The second kappa shape index (κ2) is 7.06. The number of fused-ring (bicyclic) bond motifs is 1. The van der Waals surface area contributed by atoms with Gasteiger partial charge in [-0.05, 0) is 42.2 Å². The molecule has 3 rings (SSSR count). The summed E-state index contributed by atoms with van der Waals surface area (Å²) in [4.78, 5) is 17.1. The molecule has 0 aliphatic carbocycles. The largest absolute Gasteiger partial charge is 0.417 e. The lowest BCUT2D eigenvalue weighted by Gasteiger charge is -2.10. The Morgan fingerprint density at radius 2 is 1.81 bits per heavy atom. The highest BCUT2D eigenvalue weighted by molar-refractivity contribution is 6.04. The minimum Gasteiger partial charge on any atom is -0.321 e. The molecule has 1 amide bonds. The van der Waals surface area contributed by atoms with E-state index in [1.807, 2.05) is 12.1 Å². The summed E-state index contributed by atoms with van der Waals surface area (Å²) in [7, 11) is 0. The topological polar surface area (TPSA) is 46.4 Å². The third-order valence-corrected chi connectivity index (χ3v) is 4.40. The van der Waals surface area contributed by atoms with Gasteiger partial charge in [-0.1, -0.05) is 32.9 Å². The van der Waals surface area contributed by atoms with Crippen LogP contribution in [-0.4, -0.2) is 15.3 Å². The number of pyridine rings is 1. The lowest BCUT2D eigenvalue weighted by Crippen LogP contribution is -2.17. The zero-order chi connectivity index (χ0) is 19.8. The second-order valence-corrected chi connectivity index (χ2v) is 6.64. The average Bonchev–Trinajstić information content (AvgIpc) is 2.99. The Hall–Kier alpha value is -2.83. The highest BCUT2D eigenvalue weighted by atomic mass is 19.4. The Morgan fingerprint density at radius 3 is 2.37 bits per heavy atom. The normalized spacial score (nSPS) is 12.0. The molecule has 2 aromatic heterocycles. The number of hydrogen-bond acceptors (Lipinski definition) is 2. The first-order valence-corrected chi connectivity index (χ1v) is 8.70. The molecular formula is C20H20F3N3O. The molecule has 0 atom stereocenters. The van der Waals surface area contributed by atoms with Crippen LogP contribution in [0.4, 0.5) is 18.9 Å². The van der Waals surface area contributed by atoms with Gasteiger partial charge in [0.1, 0.15) is 11.3 Å². The number of imidazole rings is 1.